The van der Waals surface area contributed by atoms with Gasteiger partial charge in [-0.25, -0.2) is 0 Å². The van der Waals surface area contributed by atoms with E-state index in [1.54, 1.807) is 12.4 Å². The van der Waals surface area contributed by atoms with E-state index in [4.69, 9.17) is 5.73 Å². The van der Waals surface area contributed by atoms with Gasteiger partial charge in [0.2, 0.25) is 0 Å². The van der Waals surface area contributed by atoms with Gasteiger partial charge in [-0.2, -0.15) is 0 Å². The van der Waals surface area contributed by atoms with Crippen molar-refractivity contribution in [1.82, 2.24) is 4.98 Å². The number of ketones is 1. The molecule has 0 unspecified atom stereocenters. The van der Waals surface area contributed by atoms with Crippen molar-refractivity contribution in [2.45, 2.75) is 33.2 Å². The van der Waals surface area contributed by atoms with Crippen molar-refractivity contribution < 1.29 is 4.79 Å². The Morgan fingerprint density at radius 2 is 1.84 bits per heavy atom. The van der Waals surface area contributed by atoms with Gasteiger partial charge in [0.25, 0.3) is 0 Å². The molecule has 0 atom stereocenters. The van der Waals surface area contributed by atoms with Crippen LogP contribution in [0, 0.1) is 5.41 Å². The summed E-state index contributed by atoms with van der Waals surface area (Å²) in [6, 6.07) is 7.58. The van der Waals surface area contributed by atoms with Crippen LogP contribution in [-0.4, -0.2) is 16.3 Å². The molecule has 2 N–H and O–H groups in total. The number of benzene rings is 1. The minimum Gasteiger partial charge on any atom is -0.325 e. The molecule has 0 saturated carbocycles. The molecule has 0 fully saturated rings. The van der Waals surface area contributed by atoms with Crippen molar-refractivity contribution in [1.29, 1.82) is 0 Å². The van der Waals surface area contributed by atoms with Crippen LogP contribution in [0.25, 0.3) is 10.8 Å². The molecule has 0 bridgehead atoms. The van der Waals surface area contributed by atoms with E-state index in [0.717, 1.165) is 10.8 Å². The quantitative estimate of drug-likeness (QED) is 0.858. The van der Waals surface area contributed by atoms with Gasteiger partial charge in [-0.1, -0.05) is 32.0 Å². The third-order valence-electron chi connectivity index (χ3n) is 4.10. The fraction of sp³-hybridized carbons (Fsp3) is 0.375. The molecule has 2 aromatic rings. The molecule has 3 nitrogen and oxygen atoms in total. The number of hydrogen-bond donors (Lipinski definition) is 1. The van der Waals surface area contributed by atoms with Crippen LogP contribution in [0.3, 0.4) is 0 Å². The SMILES string of the molecule is CC(C)(N)C(C)(C)C(=O)c1cccc2cnccc12. The molecule has 1 aromatic carbocycles. The lowest BCUT2D eigenvalue weighted by molar-refractivity contribution is 0.0737. The number of Topliss-reactive ketones (excluding diaryl/α,β-unsaturated/α-hetero) is 1. The second kappa shape index (κ2) is 4.42. The van der Waals surface area contributed by atoms with E-state index < -0.39 is 11.0 Å². The molecule has 0 amide bonds. The maximum absolute atomic E-state index is 12.8. The molecule has 0 aliphatic carbocycles. The zero-order valence-corrected chi connectivity index (χ0v) is 11.9. The number of fused-ring (bicyclic) bond motifs is 1. The summed E-state index contributed by atoms with van der Waals surface area (Å²) in [4.78, 5) is 16.9. The highest BCUT2D eigenvalue weighted by molar-refractivity contribution is 6.10. The van der Waals surface area contributed by atoms with Gasteiger partial charge in [0.15, 0.2) is 5.78 Å². The summed E-state index contributed by atoms with van der Waals surface area (Å²) >= 11 is 0. The zero-order chi connectivity index (χ0) is 14.3. The maximum atomic E-state index is 12.8. The normalized spacial score (nSPS) is 12.7. The number of carbonyl (C=O) groups is 1. The van der Waals surface area contributed by atoms with Crippen molar-refractivity contribution >= 4 is 16.6 Å². The minimum atomic E-state index is -0.634. The van der Waals surface area contributed by atoms with E-state index in [2.05, 4.69) is 4.98 Å². The van der Waals surface area contributed by atoms with Gasteiger partial charge in [-0.3, -0.25) is 9.78 Å². The highest BCUT2D eigenvalue weighted by atomic mass is 16.1. The monoisotopic (exact) mass is 256 g/mol. The van der Waals surface area contributed by atoms with Gasteiger partial charge in [0.1, 0.15) is 0 Å². The molecular weight excluding hydrogens is 236 g/mol. The van der Waals surface area contributed by atoms with E-state index in [0.29, 0.717) is 5.56 Å². The van der Waals surface area contributed by atoms with Crippen LogP contribution in [0.1, 0.15) is 38.1 Å². The van der Waals surface area contributed by atoms with Crippen LogP contribution in [0.15, 0.2) is 36.7 Å². The van der Waals surface area contributed by atoms with Crippen molar-refractivity contribution in [2.24, 2.45) is 11.1 Å². The zero-order valence-electron chi connectivity index (χ0n) is 11.9. The third-order valence-corrected chi connectivity index (χ3v) is 4.10. The van der Waals surface area contributed by atoms with Crippen molar-refractivity contribution in [3.8, 4) is 0 Å². The summed E-state index contributed by atoms with van der Waals surface area (Å²) in [5.74, 6) is 0.0665. The van der Waals surface area contributed by atoms with Gasteiger partial charge >= 0.3 is 0 Å². The Labute approximate surface area is 113 Å². The average Bonchev–Trinajstić information content (AvgIpc) is 2.36. The summed E-state index contributed by atoms with van der Waals surface area (Å²) in [6.45, 7) is 7.57. The molecule has 1 heterocycles. The standard InChI is InChI=1S/C16H20N2O/c1-15(2,16(3,4)17)14(19)13-7-5-6-11-10-18-9-8-12(11)13/h5-10H,17H2,1-4H3. The minimum absolute atomic E-state index is 0.0665. The number of rotatable bonds is 3. The van der Waals surface area contributed by atoms with Crippen LogP contribution >= 0.6 is 0 Å². The average molecular weight is 256 g/mol. The number of pyridine rings is 1. The predicted octanol–water partition coefficient (Wildman–Crippen LogP) is 3.18. The van der Waals surface area contributed by atoms with Crippen LogP contribution in [0.4, 0.5) is 0 Å². The lowest BCUT2D eigenvalue weighted by Crippen LogP contribution is -2.51. The molecule has 3 heteroatoms. The maximum Gasteiger partial charge on any atom is 0.170 e. The highest BCUT2D eigenvalue weighted by Crippen LogP contribution is 2.34. The number of aromatic nitrogens is 1. The summed E-state index contributed by atoms with van der Waals surface area (Å²) in [6.07, 6.45) is 3.48. The third kappa shape index (κ3) is 2.26. The van der Waals surface area contributed by atoms with E-state index in [1.165, 1.54) is 0 Å². The first kappa shape index (κ1) is 13.7. The molecule has 0 aliphatic heterocycles. The molecule has 100 valence electrons. The van der Waals surface area contributed by atoms with E-state index >= 15 is 0 Å². The fourth-order valence-electron chi connectivity index (χ4n) is 1.95. The van der Waals surface area contributed by atoms with E-state index in [1.807, 2.05) is 52.0 Å². The number of nitrogens with two attached hydrogens (primary N) is 1. The van der Waals surface area contributed by atoms with Crippen molar-refractivity contribution in [2.75, 3.05) is 0 Å². The van der Waals surface area contributed by atoms with Gasteiger partial charge in [0, 0.05) is 34.3 Å². The van der Waals surface area contributed by atoms with Gasteiger partial charge in [-0.15, -0.1) is 0 Å². The van der Waals surface area contributed by atoms with Crippen LogP contribution < -0.4 is 5.73 Å². The molecule has 0 aliphatic rings. The molecule has 2 rings (SSSR count). The van der Waals surface area contributed by atoms with Crippen molar-refractivity contribution in [3.63, 3.8) is 0 Å². The first-order valence-electron chi connectivity index (χ1n) is 6.41. The van der Waals surface area contributed by atoms with Crippen LogP contribution in [0.2, 0.25) is 0 Å². The summed E-state index contributed by atoms with van der Waals surface area (Å²) in [5, 5.41) is 1.90. The second-order valence-electron chi connectivity index (χ2n) is 6.08. The Hall–Kier alpha value is -1.74. The van der Waals surface area contributed by atoms with Crippen LogP contribution in [-0.2, 0) is 0 Å². The number of nitrogens with zero attached hydrogens (tertiary/aromatic N) is 1. The van der Waals surface area contributed by atoms with Crippen LogP contribution in [0.5, 0.6) is 0 Å². The molecule has 0 spiro atoms. The predicted molar refractivity (Wildman–Crippen MR) is 78.1 cm³/mol. The smallest absolute Gasteiger partial charge is 0.170 e. The Bertz CT molecular complexity index is 619. The van der Waals surface area contributed by atoms with Crippen molar-refractivity contribution in [3.05, 3.63) is 42.2 Å². The van der Waals surface area contributed by atoms with Gasteiger partial charge < -0.3 is 5.73 Å². The Morgan fingerprint density at radius 1 is 1.16 bits per heavy atom. The Balaban J connectivity index is 2.60. The van der Waals surface area contributed by atoms with Gasteiger partial charge in [0.05, 0.1) is 0 Å². The fourth-order valence-corrected chi connectivity index (χ4v) is 1.95. The first-order chi connectivity index (χ1) is 8.75. The van der Waals surface area contributed by atoms with Gasteiger partial charge in [-0.05, 0) is 25.3 Å². The second-order valence-corrected chi connectivity index (χ2v) is 6.08. The Morgan fingerprint density at radius 3 is 2.47 bits per heavy atom. The summed E-state index contributed by atoms with van der Waals surface area (Å²) in [5.41, 5.74) is 5.66. The highest BCUT2D eigenvalue weighted by Gasteiger charge is 2.41. The molecule has 19 heavy (non-hydrogen) atoms. The van der Waals surface area contributed by atoms with E-state index in [9.17, 15) is 4.79 Å². The lowest BCUT2D eigenvalue weighted by atomic mass is 9.70. The topological polar surface area (TPSA) is 56.0 Å². The molecule has 0 saturated heterocycles. The first-order valence-corrected chi connectivity index (χ1v) is 6.41. The summed E-state index contributed by atoms with van der Waals surface area (Å²) in [7, 11) is 0. The largest absolute Gasteiger partial charge is 0.325 e. The van der Waals surface area contributed by atoms with E-state index in [-0.39, 0.29) is 5.78 Å². The molecule has 1 aromatic heterocycles. The molecular formula is C16H20N2O. The summed E-state index contributed by atoms with van der Waals surface area (Å²) < 4.78 is 0. The number of hydrogen-bond acceptors (Lipinski definition) is 3. The molecule has 0 radical (unpaired) electrons. The number of carbonyl (C=O) groups excluding carboxylic acids is 1. The Kier molecular flexibility index (Phi) is 3.19. The lowest BCUT2D eigenvalue weighted by Gasteiger charge is -2.37.